The van der Waals surface area contributed by atoms with Crippen molar-refractivity contribution in [2.45, 2.75) is 475 Å². The third-order valence-corrected chi connectivity index (χ3v) is 19.6. The van der Waals surface area contributed by atoms with Gasteiger partial charge in [0.1, 0.15) is 0 Å². The molecular weight excluding hydrogens is 1130 g/mol. The SMILES string of the molecule is CCCC/C=C\C/C=C\CCCCCCCC(=O)OCCCCCCCCCCCCCCCCCCCC/C=C\CCCCCCCCCCCCCCCCCCCC(=O)NC(CO)C(O)/C=C/CCCCCCCCCCCCCCCCCCCCCC. The molecule has 0 saturated heterocycles. The molecule has 0 bridgehead atoms. The van der Waals surface area contributed by atoms with Crippen LogP contribution in [0, 0.1) is 0 Å². The number of carbonyl (C=O) groups is 2. The highest BCUT2D eigenvalue weighted by molar-refractivity contribution is 5.76. The summed E-state index contributed by atoms with van der Waals surface area (Å²) < 4.78 is 5.49. The Kier molecular flexibility index (Phi) is 79.3. The van der Waals surface area contributed by atoms with Crippen LogP contribution in [0.4, 0.5) is 0 Å². The first kappa shape index (κ1) is 89.8. The van der Waals surface area contributed by atoms with Gasteiger partial charge in [0, 0.05) is 12.8 Å². The molecule has 6 nitrogen and oxygen atoms in total. The predicted octanol–water partition coefficient (Wildman–Crippen LogP) is 27.9. The zero-order chi connectivity index (χ0) is 66.3. The molecule has 0 heterocycles. The summed E-state index contributed by atoms with van der Waals surface area (Å²) in [4.78, 5) is 24.6. The maximum Gasteiger partial charge on any atom is 0.305 e. The molecule has 2 unspecified atom stereocenters. The van der Waals surface area contributed by atoms with Crippen LogP contribution in [0.15, 0.2) is 48.6 Å². The van der Waals surface area contributed by atoms with Gasteiger partial charge in [-0.1, -0.05) is 416 Å². The van der Waals surface area contributed by atoms with Gasteiger partial charge in [0.05, 0.1) is 25.4 Å². The fraction of sp³-hybridized carbons (Fsp3) is 0.884. The van der Waals surface area contributed by atoms with Gasteiger partial charge in [0.15, 0.2) is 0 Å². The monoisotopic (exact) mass is 1290 g/mol. The van der Waals surface area contributed by atoms with Gasteiger partial charge in [-0.2, -0.15) is 0 Å². The minimum atomic E-state index is -0.843. The number of unbranched alkanes of at least 4 members (excludes halogenated alkanes) is 62. The van der Waals surface area contributed by atoms with Crippen LogP contribution in [0.3, 0.4) is 0 Å². The van der Waals surface area contributed by atoms with Gasteiger partial charge in [-0.25, -0.2) is 0 Å². The number of ether oxygens (including phenoxy) is 1. The summed E-state index contributed by atoms with van der Waals surface area (Å²) in [5, 5.41) is 23.3. The highest BCUT2D eigenvalue weighted by atomic mass is 16.5. The van der Waals surface area contributed by atoms with E-state index in [0.29, 0.717) is 19.4 Å². The second-order valence-corrected chi connectivity index (χ2v) is 28.8. The van der Waals surface area contributed by atoms with Crippen molar-refractivity contribution in [3.63, 3.8) is 0 Å². The Labute approximate surface area is 576 Å². The standard InChI is InChI=1S/C86H163NO5/c1-3-5-7-9-11-13-15-17-19-20-21-22-42-45-48-51-54-58-62-66-70-74-78-84(89)83(82-88)87-85(90)79-75-71-67-63-59-55-52-49-46-43-40-38-36-34-32-30-28-26-24-23-25-27-29-31-33-35-37-39-41-44-47-50-53-57-61-65-69-73-77-81-92-86(91)80-76-72-68-64-60-56-18-16-14-12-10-8-6-4-2/h10,12,16,18,23-24,74,78,83-84,88-89H,3-9,11,13-15,17,19-22,25-73,75-77,79-82H2,1-2H3,(H,87,90)/b12-10-,18-16-,24-23-,78-74+. The van der Waals surface area contributed by atoms with Crippen molar-refractivity contribution in [2.75, 3.05) is 13.2 Å². The summed E-state index contributed by atoms with van der Waals surface area (Å²) in [7, 11) is 0. The molecule has 1 amide bonds. The molecule has 0 fully saturated rings. The number of aliphatic hydroxyl groups is 2. The van der Waals surface area contributed by atoms with Crippen molar-refractivity contribution >= 4 is 11.9 Å². The van der Waals surface area contributed by atoms with Gasteiger partial charge >= 0.3 is 5.97 Å². The summed E-state index contributed by atoms with van der Waals surface area (Å²) in [5.74, 6) is -0.0509. The number of esters is 1. The normalized spacial score (nSPS) is 12.7. The summed E-state index contributed by atoms with van der Waals surface area (Å²) in [5.41, 5.74) is 0. The first-order valence-corrected chi connectivity index (χ1v) is 41.9. The Bertz CT molecular complexity index is 1540. The van der Waals surface area contributed by atoms with Gasteiger partial charge in [-0.3, -0.25) is 9.59 Å². The number of aliphatic hydroxyl groups excluding tert-OH is 2. The Balaban J connectivity index is 3.35. The maximum atomic E-state index is 12.6. The van der Waals surface area contributed by atoms with Crippen LogP contribution in [0.1, 0.15) is 463 Å². The number of allylic oxidation sites excluding steroid dienone is 7. The molecule has 0 radical (unpaired) electrons. The van der Waals surface area contributed by atoms with E-state index in [-0.39, 0.29) is 18.5 Å². The number of hydrogen-bond donors (Lipinski definition) is 3. The Morgan fingerprint density at radius 1 is 0.304 bits per heavy atom. The minimum Gasteiger partial charge on any atom is -0.466 e. The van der Waals surface area contributed by atoms with Crippen molar-refractivity contribution in [3.05, 3.63) is 48.6 Å². The van der Waals surface area contributed by atoms with Crippen LogP contribution in [-0.4, -0.2) is 47.4 Å². The van der Waals surface area contributed by atoms with Crippen LogP contribution in [0.2, 0.25) is 0 Å². The summed E-state index contributed by atoms with van der Waals surface area (Å²) in [6, 6.07) is -0.626. The molecule has 0 aliphatic carbocycles. The minimum absolute atomic E-state index is 0.00804. The molecule has 2 atom stereocenters. The molecule has 6 heteroatoms. The van der Waals surface area contributed by atoms with Crippen LogP contribution < -0.4 is 5.32 Å². The van der Waals surface area contributed by atoms with Gasteiger partial charge in [0.2, 0.25) is 5.91 Å². The lowest BCUT2D eigenvalue weighted by Crippen LogP contribution is -2.45. The number of nitrogens with one attached hydrogen (secondary N) is 1. The lowest BCUT2D eigenvalue weighted by atomic mass is 10.0. The number of carbonyl (C=O) groups excluding carboxylic acids is 2. The highest BCUT2D eigenvalue weighted by Crippen LogP contribution is 2.20. The molecule has 92 heavy (non-hydrogen) atoms. The van der Waals surface area contributed by atoms with E-state index in [2.05, 4.69) is 55.6 Å². The van der Waals surface area contributed by atoms with E-state index in [1.165, 1.54) is 385 Å². The van der Waals surface area contributed by atoms with Crippen molar-refractivity contribution in [3.8, 4) is 0 Å². The van der Waals surface area contributed by atoms with Crippen LogP contribution in [-0.2, 0) is 14.3 Å². The van der Waals surface area contributed by atoms with Gasteiger partial charge in [-0.05, 0) is 83.5 Å². The lowest BCUT2D eigenvalue weighted by molar-refractivity contribution is -0.143. The van der Waals surface area contributed by atoms with Crippen LogP contribution in [0.5, 0.6) is 0 Å². The molecule has 542 valence electrons. The largest absolute Gasteiger partial charge is 0.466 e. The molecule has 0 aromatic rings. The molecule has 0 aliphatic rings. The van der Waals surface area contributed by atoms with E-state index in [9.17, 15) is 19.8 Å². The second-order valence-electron chi connectivity index (χ2n) is 28.8. The average Bonchev–Trinajstić information content (AvgIpc) is 3.67. The molecule has 0 spiro atoms. The Morgan fingerprint density at radius 3 is 0.870 bits per heavy atom. The molecule has 0 aliphatic heterocycles. The highest BCUT2D eigenvalue weighted by Gasteiger charge is 2.18. The quantitative estimate of drug-likeness (QED) is 0.0320. The maximum absolute atomic E-state index is 12.6. The topological polar surface area (TPSA) is 95.9 Å². The van der Waals surface area contributed by atoms with Crippen molar-refractivity contribution in [2.24, 2.45) is 0 Å². The first-order valence-electron chi connectivity index (χ1n) is 41.9. The van der Waals surface area contributed by atoms with E-state index in [0.717, 1.165) is 51.4 Å². The van der Waals surface area contributed by atoms with Crippen molar-refractivity contribution < 1.29 is 24.5 Å². The lowest BCUT2D eigenvalue weighted by Gasteiger charge is -2.20. The predicted molar refractivity (Wildman–Crippen MR) is 407 cm³/mol. The summed E-state index contributed by atoms with van der Waals surface area (Å²) in [6.07, 6.45) is 108. The Morgan fingerprint density at radius 2 is 0.554 bits per heavy atom. The average molecular weight is 1290 g/mol. The van der Waals surface area contributed by atoms with Gasteiger partial charge < -0.3 is 20.3 Å². The van der Waals surface area contributed by atoms with Crippen LogP contribution >= 0.6 is 0 Å². The van der Waals surface area contributed by atoms with Crippen molar-refractivity contribution in [1.82, 2.24) is 5.32 Å². The fourth-order valence-corrected chi connectivity index (χ4v) is 13.2. The molecule has 0 aromatic heterocycles. The van der Waals surface area contributed by atoms with E-state index in [1.54, 1.807) is 6.08 Å². The van der Waals surface area contributed by atoms with Gasteiger partial charge in [-0.15, -0.1) is 0 Å². The number of amides is 1. The molecule has 3 N–H and O–H groups in total. The molecule has 0 saturated carbocycles. The van der Waals surface area contributed by atoms with Crippen molar-refractivity contribution in [1.29, 1.82) is 0 Å². The van der Waals surface area contributed by atoms with E-state index < -0.39 is 12.1 Å². The summed E-state index contributed by atoms with van der Waals surface area (Å²) >= 11 is 0. The molecule has 0 rings (SSSR count). The van der Waals surface area contributed by atoms with Crippen LogP contribution in [0.25, 0.3) is 0 Å². The van der Waals surface area contributed by atoms with Gasteiger partial charge in [0.25, 0.3) is 0 Å². The zero-order valence-corrected chi connectivity index (χ0v) is 62.3. The third-order valence-electron chi connectivity index (χ3n) is 19.6. The van der Waals surface area contributed by atoms with E-state index in [1.807, 2.05) is 6.08 Å². The molecule has 0 aromatic carbocycles. The smallest absolute Gasteiger partial charge is 0.305 e. The molecular formula is C86H163NO5. The summed E-state index contributed by atoms with van der Waals surface area (Å²) in [6.45, 7) is 4.91. The third kappa shape index (κ3) is 76.8. The fourth-order valence-electron chi connectivity index (χ4n) is 13.2. The van der Waals surface area contributed by atoms with E-state index >= 15 is 0 Å². The van der Waals surface area contributed by atoms with E-state index in [4.69, 9.17) is 4.74 Å². The Hall–Kier alpha value is -2.18. The second kappa shape index (κ2) is 81.2. The zero-order valence-electron chi connectivity index (χ0n) is 62.3. The number of rotatable bonds is 79. The first-order chi connectivity index (χ1) is 45.5. The number of hydrogen-bond acceptors (Lipinski definition) is 5.